The molecular weight excluding hydrogens is 176 g/mol. The Morgan fingerprint density at radius 2 is 2.14 bits per heavy atom. The third kappa shape index (κ3) is 1.48. The van der Waals surface area contributed by atoms with E-state index in [4.69, 9.17) is 0 Å². The highest BCUT2D eigenvalue weighted by Gasteiger charge is 2.12. The van der Waals surface area contributed by atoms with E-state index >= 15 is 0 Å². The summed E-state index contributed by atoms with van der Waals surface area (Å²) in [4.78, 5) is 7.00. The third-order valence-corrected chi connectivity index (χ3v) is 2.39. The number of phenols is 1. The number of nitrogens with zero attached hydrogens (tertiary/aromatic N) is 1. The fourth-order valence-electron chi connectivity index (χ4n) is 1.52. The highest BCUT2D eigenvalue weighted by Crippen LogP contribution is 2.28. The molecule has 1 aromatic heterocycles. The molecule has 3 nitrogen and oxygen atoms in total. The molecule has 1 aromatic carbocycles. The van der Waals surface area contributed by atoms with Crippen molar-refractivity contribution in [3.05, 3.63) is 48.0 Å². The van der Waals surface area contributed by atoms with E-state index in [1.54, 1.807) is 18.6 Å². The quantitative estimate of drug-likeness (QED) is 0.759. The number of rotatable bonds is 2. The Morgan fingerprint density at radius 3 is 2.79 bits per heavy atom. The number of para-hydroxylation sites is 1. The number of hydrogen-bond acceptors (Lipinski definition) is 2. The van der Waals surface area contributed by atoms with Crippen LogP contribution in [0.15, 0.2) is 36.8 Å². The van der Waals surface area contributed by atoms with Crippen molar-refractivity contribution in [3.63, 3.8) is 0 Å². The molecule has 72 valence electrons. The van der Waals surface area contributed by atoms with Crippen molar-refractivity contribution in [1.29, 1.82) is 0 Å². The number of imidazole rings is 1. The molecule has 1 unspecified atom stereocenters. The summed E-state index contributed by atoms with van der Waals surface area (Å²) >= 11 is 0. The molecule has 0 aliphatic carbocycles. The number of nitrogens with one attached hydrogen (secondary N) is 1. The van der Waals surface area contributed by atoms with E-state index in [2.05, 4.69) is 9.97 Å². The maximum absolute atomic E-state index is 9.65. The molecule has 1 atom stereocenters. The minimum Gasteiger partial charge on any atom is -0.508 e. The van der Waals surface area contributed by atoms with Crippen LogP contribution in [0.2, 0.25) is 0 Å². The Balaban J connectivity index is 2.37. The van der Waals surface area contributed by atoms with Crippen LogP contribution in [0.25, 0.3) is 0 Å². The molecular formula is C11H12N2O. The van der Waals surface area contributed by atoms with Gasteiger partial charge in [-0.15, -0.1) is 0 Å². The first kappa shape index (κ1) is 8.81. The van der Waals surface area contributed by atoms with Crippen LogP contribution in [-0.4, -0.2) is 15.1 Å². The van der Waals surface area contributed by atoms with Crippen LogP contribution in [0.4, 0.5) is 0 Å². The Kier molecular flexibility index (Phi) is 2.23. The lowest BCUT2D eigenvalue weighted by atomic mass is 9.97. The van der Waals surface area contributed by atoms with Gasteiger partial charge in [0.05, 0.1) is 6.33 Å². The minimum absolute atomic E-state index is 0.138. The number of benzene rings is 1. The van der Waals surface area contributed by atoms with Gasteiger partial charge in [-0.1, -0.05) is 25.1 Å². The van der Waals surface area contributed by atoms with Crippen LogP contribution in [0.1, 0.15) is 24.1 Å². The summed E-state index contributed by atoms with van der Waals surface area (Å²) in [6.07, 6.45) is 3.42. The van der Waals surface area contributed by atoms with Crippen molar-refractivity contribution in [2.45, 2.75) is 12.8 Å². The molecule has 0 fully saturated rings. The zero-order valence-corrected chi connectivity index (χ0v) is 7.94. The van der Waals surface area contributed by atoms with Crippen molar-refractivity contribution in [2.24, 2.45) is 0 Å². The summed E-state index contributed by atoms with van der Waals surface area (Å²) < 4.78 is 0. The Bertz CT molecular complexity index is 409. The highest BCUT2D eigenvalue weighted by molar-refractivity contribution is 5.38. The fourth-order valence-corrected chi connectivity index (χ4v) is 1.52. The van der Waals surface area contributed by atoms with Gasteiger partial charge in [-0.05, 0) is 6.07 Å². The molecule has 1 heterocycles. The second-order valence-electron chi connectivity index (χ2n) is 3.29. The van der Waals surface area contributed by atoms with E-state index in [0.717, 1.165) is 11.3 Å². The molecule has 2 rings (SSSR count). The molecule has 2 N–H and O–H groups in total. The summed E-state index contributed by atoms with van der Waals surface area (Å²) in [6, 6.07) is 7.35. The first-order chi connectivity index (χ1) is 6.79. The molecule has 14 heavy (non-hydrogen) atoms. The Morgan fingerprint density at radius 1 is 1.36 bits per heavy atom. The van der Waals surface area contributed by atoms with E-state index in [1.807, 2.05) is 25.1 Å². The van der Waals surface area contributed by atoms with E-state index in [-0.39, 0.29) is 5.92 Å². The molecule has 0 bridgehead atoms. The topological polar surface area (TPSA) is 48.9 Å². The van der Waals surface area contributed by atoms with Gasteiger partial charge in [-0.2, -0.15) is 0 Å². The zero-order chi connectivity index (χ0) is 9.97. The predicted octanol–water partition coefficient (Wildman–Crippen LogP) is 2.27. The second kappa shape index (κ2) is 3.54. The van der Waals surface area contributed by atoms with Gasteiger partial charge in [-0.25, -0.2) is 4.98 Å². The molecule has 0 amide bonds. The van der Waals surface area contributed by atoms with Gasteiger partial charge in [0.25, 0.3) is 0 Å². The van der Waals surface area contributed by atoms with E-state index < -0.39 is 0 Å². The number of aromatic nitrogens is 2. The van der Waals surface area contributed by atoms with E-state index in [9.17, 15) is 5.11 Å². The van der Waals surface area contributed by atoms with Gasteiger partial charge >= 0.3 is 0 Å². The smallest absolute Gasteiger partial charge is 0.119 e. The average molecular weight is 188 g/mol. The summed E-state index contributed by atoms with van der Waals surface area (Å²) in [7, 11) is 0. The number of aromatic hydroxyl groups is 1. The van der Waals surface area contributed by atoms with Crippen molar-refractivity contribution in [2.75, 3.05) is 0 Å². The van der Waals surface area contributed by atoms with Crippen LogP contribution in [-0.2, 0) is 0 Å². The predicted molar refractivity (Wildman–Crippen MR) is 54.2 cm³/mol. The molecule has 0 saturated carbocycles. The molecule has 0 aliphatic heterocycles. The van der Waals surface area contributed by atoms with Crippen LogP contribution < -0.4 is 0 Å². The number of H-pyrrole nitrogens is 1. The van der Waals surface area contributed by atoms with Gasteiger partial charge in [0.1, 0.15) is 5.75 Å². The molecule has 0 radical (unpaired) electrons. The Labute approximate surface area is 82.4 Å². The molecule has 2 aromatic rings. The molecule has 0 saturated heterocycles. The number of hydrogen-bond donors (Lipinski definition) is 2. The van der Waals surface area contributed by atoms with Crippen LogP contribution in [0.3, 0.4) is 0 Å². The van der Waals surface area contributed by atoms with Crippen molar-refractivity contribution in [1.82, 2.24) is 9.97 Å². The number of phenolic OH excluding ortho intramolecular Hbond substituents is 1. The van der Waals surface area contributed by atoms with Crippen molar-refractivity contribution in [3.8, 4) is 5.75 Å². The SMILES string of the molecule is CC(c1cnc[nH]1)c1ccccc1O. The maximum atomic E-state index is 9.65. The summed E-state index contributed by atoms with van der Waals surface area (Å²) in [6.45, 7) is 2.03. The minimum atomic E-state index is 0.138. The normalized spacial score (nSPS) is 12.6. The molecule has 3 heteroatoms. The standard InChI is InChI=1S/C11H12N2O/c1-8(10-6-12-7-13-10)9-4-2-3-5-11(9)14/h2-8,14H,1H3,(H,12,13). The van der Waals surface area contributed by atoms with Crippen LogP contribution in [0.5, 0.6) is 5.75 Å². The Hall–Kier alpha value is -1.77. The third-order valence-electron chi connectivity index (χ3n) is 2.39. The van der Waals surface area contributed by atoms with Gasteiger partial charge in [0, 0.05) is 23.4 Å². The van der Waals surface area contributed by atoms with Crippen LogP contribution >= 0.6 is 0 Å². The first-order valence-corrected chi connectivity index (χ1v) is 4.55. The van der Waals surface area contributed by atoms with Crippen molar-refractivity contribution >= 4 is 0 Å². The summed E-state index contributed by atoms with van der Waals surface area (Å²) in [5.74, 6) is 0.466. The van der Waals surface area contributed by atoms with Crippen LogP contribution in [0, 0.1) is 0 Å². The number of aromatic amines is 1. The largest absolute Gasteiger partial charge is 0.508 e. The lowest BCUT2D eigenvalue weighted by molar-refractivity contribution is 0.466. The van der Waals surface area contributed by atoms with Crippen molar-refractivity contribution < 1.29 is 5.11 Å². The van der Waals surface area contributed by atoms with Gasteiger partial charge in [0.2, 0.25) is 0 Å². The average Bonchev–Trinajstić information content (AvgIpc) is 2.70. The fraction of sp³-hybridized carbons (Fsp3) is 0.182. The lowest BCUT2D eigenvalue weighted by Gasteiger charge is -2.10. The molecule has 0 spiro atoms. The van der Waals surface area contributed by atoms with E-state index in [0.29, 0.717) is 5.75 Å². The highest BCUT2D eigenvalue weighted by atomic mass is 16.3. The molecule has 0 aliphatic rings. The van der Waals surface area contributed by atoms with Gasteiger partial charge in [-0.3, -0.25) is 0 Å². The van der Waals surface area contributed by atoms with Gasteiger partial charge in [0.15, 0.2) is 0 Å². The first-order valence-electron chi connectivity index (χ1n) is 4.55. The summed E-state index contributed by atoms with van der Waals surface area (Å²) in [5.41, 5.74) is 1.92. The second-order valence-corrected chi connectivity index (χ2v) is 3.29. The van der Waals surface area contributed by atoms with E-state index in [1.165, 1.54) is 0 Å². The van der Waals surface area contributed by atoms with Gasteiger partial charge < -0.3 is 10.1 Å². The maximum Gasteiger partial charge on any atom is 0.119 e. The summed E-state index contributed by atoms with van der Waals surface area (Å²) in [5, 5.41) is 9.65. The zero-order valence-electron chi connectivity index (χ0n) is 7.94. The lowest BCUT2D eigenvalue weighted by Crippen LogP contribution is -1.96. The monoisotopic (exact) mass is 188 g/mol.